The summed E-state index contributed by atoms with van der Waals surface area (Å²) >= 11 is 0. The van der Waals surface area contributed by atoms with Gasteiger partial charge in [-0.3, -0.25) is 0 Å². The van der Waals surface area contributed by atoms with Gasteiger partial charge in [-0.15, -0.1) is 0 Å². The number of nitriles is 1. The molecule has 2 aromatic rings. The highest BCUT2D eigenvalue weighted by molar-refractivity contribution is 7.91. The van der Waals surface area contributed by atoms with Gasteiger partial charge in [-0.05, 0) is 18.2 Å². The van der Waals surface area contributed by atoms with Crippen LogP contribution >= 0.6 is 0 Å². The van der Waals surface area contributed by atoms with E-state index in [1.807, 2.05) is 0 Å². The summed E-state index contributed by atoms with van der Waals surface area (Å²) in [6.45, 7) is 0. The van der Waals surface area contributed by atoms with E-state index in [1.165, 1.54) is 12.1 Å². The molecule has 0 radical (unpaired) electrons. The minimum absolute atomic E-state index is 0.0454. The van der Waals surface area contributed by atoms with Crippen LogP contribution in [0, 0.1) is 11.3 Å². The molecular weight excluding hydrogens is 266 g/mol. The van der Waals surface area contributed by atoms with Crippen molar-refractivity contribution < 1.29 is 18.6 Å². The molecule has 0 bridgehead atoms. The molecule has 6 heteroatoms. The number of nitrogens with zero attached hydrogens (tertiary/aromatic N) is 1. The predicted octanol–water partition coefficient (Wildman–Crippen LogP) is 1.80. The summed E-state index contributed by atoms with van der Waals surface area (Å²) in [7, 11) is -3.83. The van der Waals surface area contributed by atoms with Crippen molar-refractivity contribution in [1.29, 1.82) is 5.26 Å². The van der Waals surface area contributed by atoms with Crippen molar-refractivity contribution in [2.45, 2.75) is 9.79 Å². The zero-order chi connectivity index (χ0) is 14.0. The molecule has 2 N–H and O–H groups in total. The van der Waals surface area contributed by atoms with Gasteiger partial charge in [0.1, 0.15) is 6.07 Å². The van der Waals surface area contributed by atoms with E-state index in [2.05, 4.69) is 0 Å². The molecule has 0 fully saturated rings. The second-order valence-corrected chi connectivity index (χ2v) is 5.72. The quantitative estimate of drug-likeness (QED) is 0.814. The van der Waals surface area contributed by atoms with Gasteiger partial charge in [0, 0.05) is 6.07 Å². The second kappa shape index (κ2) is 4.63. The fraction of sp³-hybridized carbons (Fsp3) is 0. The first-order valence-corrected chi connectivity index (χ1v) is 6.71. The Kier molecular flexibility index (Phi) is 3.15. The molecule has 2 rings (SSSR count). The molecule has 0 unspecified atom stereocenters. The highest BCUT2D eigenvalue weighted by Crippen LogP contribution is 2.33. The highest BCUT2D eigenvalue weighted by Gasteiger charge is 2.21. The lowest BCUT2D eigenvalue weighted by atomic mass is 10.2. The van der Waals surface area contributed by atoms with Gasteiger partial charge in [0.25, 0.3) is 0 Å². The third kappa shape index (κ3) is 2.23. The van der Waals surface area contributed by atoms with E-state index < -0.39 is 21.3 Å². The van der Waals surface area contributed by atoms with Crippen LogP contribution in [-0.2, 0) is 9.84 Å². The number of sulfone groups is 1. The summed E-state index contributed by atoms with van der Waals surface area (Å²) in [6, 6.07) is 11.2. The van der Waals surface area contributed by atoms with Gasteiger partial charge in [-0.1, -0.05) is 18.2 Å². The maximum absolute atomic E-state index is 12.3. The molecule has 0 aliphatic rings. The van der Waals surface area contributed by atoms with E-state index in [4.69, 9.17) is 5.26 Å². The van der Waals surface area contributed by atoms with Crippen molar-refractivity contribution in [3.05, 3.63) is 48.0 Å². The SMILES string of the molecule is N#Cc1cc(S(=O)(=O)c2ccccc2)cc(O)c1O. The molecule has 0 saturated heterocycles. The van der Waals surface area contributed by atoms with Crippen LogP contribution < -0.4 is 0 Å². The Morgan fingerprint density at radius 2 is 1.63 bits per heavy atom. The monoisotopic (exact) mass is 275 g/mol. The summed E-state index contributed by atoms with van der Waals surface area (Å²) in [5.41, 5.74) is -0.297. The van der Waals surface area contributed by atoms with Crippen LogP contribution in [-0.4, -0.2) is 18.6 Å². The molecule has 0 saturated carbocycles. The smallest absolute Gasteiger partial charge is 0.206 e. The first-order valence-electron chi connectivity index (χ1n) is 5.23. The van der Waals surface area contributed by atoms with Crippen LogP contribution in [0.3, 0.4) is 0 Å². The fourth-order valence-electron chi connectivity index (χ4n) is 1.57. The second-order valence-electron chi connectivity index (χ2n) is 3.77. The lowest BCUT2D eigenvalue weighted by Crippen LogP contribution is -2.02. The van der Waals surface area contributed by atoms with E-state index in [0.717, 1.165) is 12.1 Å². The van der Waals surface area contributed by atoms with Crippen LogP contribution in [0.1, 0.15) is 5.56 Å². The summed E-state index contributed by atoms with van der Waals surface area (Å²) < 4.78 is 24.5. The zero-order valence-electron chi connectivity index (χ0n) is 9.61. The van der Waals surface area contributed by atoms with Crippen LogP contribution in [0.25, 0.3) is 0 Å². The van der Waals surface area contributed by atoms with Crippen molar-refractivity contribution in [3.8, 4) is 17.6 Å². The molecule has 0 aliphatic heterocycles. The molecule has 0 amide bonds. The molecular formula is C13H9NO4S. The summed E-state index contributed by atoms with van der Waals surface area (Å²) in [5, 5.41) is 27.6. The summed E-state index contributed by atoms with van der Waals surface area (Å²) in [4.78, 5) is -0.200. The normalized spacial score (nSPS) is 10.9. The summed E-state index contributed by atoms with van der Waals surface area (Å²) in [5.74, 6) is -1.27. The lowest BCUT2D eigenvalue weighted by molar-refractivity contribution is 0.401. The number of hydrogen-bond acceptors (Lipinski definition) is 5. The van der Waals surface area contributed by atoms with Gasteiger partial charge in [-0.2, -0.15) is 5.26 Å². The third-order valence-corrected chi connectivity index (χ3v) is 4.30. The molecule has 0 aromatic heterocycles. The van der Waals surface area contributed by atoms with Crippen molar-refractivity contribution in [2.24, 2.45) is 0 Å². The van der Waals surface area contributed by atoms with Gasteiger partial charge < -0.3 is 10.2 Å². The molecule has 96 valence electrons. The van der Waals surface area contributed by atoms with E-state index in [1.54, 1.807) is 24.3 Å². The standard InChI is InChI=1S/C13H9NO4S/c14-8-9-6-11(7-12(15)13(9)16)19(17,18)10-4-2-1-3-5-10/h1-7,15-16H. The van der Waals surface area contributed by atoms with Crippen molar-refractivity contribution in [1.82, 2.24) is 0 Å². The van der Waals surface area contributed by atoms with Crippen LogP contribution in [0.15, 0.2) is 52.3 Å². The predicted molar refractivity (Wildman–Crippen MR) is 66.4 cm³/mol. The number of phenolic OH excluding ortho intramolecular Hbond substituents is 2. The molecule has 0 spiro atoms. The first kappa shape index (κ1) is 12.9. The molecule has 0 aliphatic carbocycles. The van der Waals surface area contributed by atoms with Gasteiger partial charge in [-0.25, -0.2) is 8.42 Å². The van der Waals surface area contributed by atoms with Crippen LogP contribution in [0.5, 0.6) is 11.5 Å². The average Bonchev–Trinajstić information content (AvgIpc) is 2.42. The Balaban J connectivity index is 2.67. The first-order chi connectivity index (χ1) is 8.96. The Morgan fingerprint density at radius 1 is 1.00 bits per heavy atom. The van der Waals surface area contributed by atoms with Gasteiger partial charge in [0.05, 0.1) is 15.4 Å². The zero-order valence-corrected chi connectivity index (χ0v) is 10.4. The lowest BCUT2D eigenvalue weighted by Gasteiger charge is -2.07. The maximum atomic E-state index is 12.3. The molecule has 19 heavy (non-hydrogen) atoms. The Morgan fingerprint density at radius 3 is 2.21 bits per heavy atom. The molecule has 0 atom stereocenters. The minimum Gasteiger partial charge on any atom is -0.504 e. The number of hydrogen-bond donors (Lipinski definition) is 2. The molecule has 0 heterocycles. The van der Waals surface area contributed by atoms with Gasteiger partial charge >= 0.3 is 0 Å². The number of aromatic hydroxyl groups is 2. The Bertz CT molecular complexity index is 761. The minimum atomic E-state index is -3.83. The van der Waals surface area contributed by atoms with Gasteiger partial charge in [0.2, 0.25) is 9.84 Å². The third-order valence-electron chi connectivity index (χ3n) is 2.55. The highest BCUT2D eigenvalue weighted by atomic mass is 32.2. The van der Waals surface area contributed by atoms with E-state index in [9.17, 15) is 18.6 Å². The fourth-order valence-corrected chi connectivity index (χ4v) is 2.90. The largest absolute Gasteiger partial charge is 0.504 e. The van der Waals surface area contributed by atoms with E-state index in [-0.39, 0.29) is 15.4 Å². The Hall–Kier alpha value is -2.52. The number of benzene rings is 2. The van der Waals surface area contributed by atoms with Crippen LogP contribution in [0.2, 0.25) is 0 Å². The van der Waals surface area contributed by atoms with E-state index >= 15 is 0 Å². The van der Waals surface area contributed by atoms with E-state index in [0.29, 0.717) is 0 Å². The molecule has 2 aromatic carbocycles. The number of rotatable bonds is 2. The average molecular weight is 275 g/mol. The van der Waals surface area contributed by atoms with Crippen molar-refractivity contribution in [3.63, 3.8) is 0 Å². The van der Waals surface area contributed by atoms with Crippen LogP contribution in [0.4, 0.5) is 0 Å². The maximum Gasteiger partial charge on any atom is 0.206 e. The summed E-state index contributed by atoms with van der Waals surface area (Å²) in [6.07, 6.45) is 0. The number of phenols is 2. The van der Waals surface area contributed by atoms with Crippen molar-refractivity contribution in [2.75, 3.05) is 0 Å². The molecule has 5 nitrogen and oxygen atoms in total. The van der Waals surface area contributed by atoms with Crippen molar-refractivity contribution >= 4 is 9.84 Å². The van der Waals surface area contributed by atoms with Gasteiger partial charge in [0.15, 0.2) is 11.5 Å². The Labute approximate surface area is 109 Å². The topological polar surface area (TPSA) is 98.4 Å².